The highest BCUT2D eigenvalue weighted by Crippen LogP contribution is 2.31. The molecule has 214 valence electrons. The minimum absolute atomic E-state index is 0.0673. The van der Waals surface area contributed by atoms with Gasteiger partial charge in [0.05, 0.1) is 24.3 Å². The Kier molecular flexibility index (Phi) is 7.56. The normalized spacial score (nSPS) is 19.9. The molecule has 0 spiro atoms. The molecule has 3 N–H and O–H groups in total. The van der Waals surface area contributed by atoms with Crippen molar-refractivity contribution >= 4 is 40.3 Å². The topological polar surface area (TPSA) is 139 Å². The largest absolute Gasteiger partial charge is 0.489 e. The number of amides is 3. The van der Waals surface area contributed by atoms with Crippen molar-refractivity contribution < 1.29 is 33.4 Å². The highest BCUT2D eigenvalue weighted by Gasteiger charge is 2.39. The molecule has 11 nitrogen and oxygen atoms in total. The van der Waals surface area contributed by atoms with Crippen LogP contribution in [0.15, 0.2) is 85.1 Å². The van der Waals surface area contributed by atoms with E-state index in [-0.39, 0.29) is 26.2 Å². The van der Waals surface area contributed by atoms with Crippen LogP contribution < -0.4 is 20.3 Å². The Balaban J connectivity index is 1.16. The molecular formula is C31H28N4O7. The van der Waals surface area contributed by atoms with Gasteiger partial charge in [-0.05, 0) is 23.8 Å². The second kappa shape index (κ2) is 11.8. The number of cyclic esters (lactones) is 1. The van der Waals surface area contributed by atoms with Gasteiger partial charge < -0.3 is 29.8 Å². The smallest absolute Gasteiger partial charge is 0.310 e. The van der Waals surface area contributed by atoms with Gasteiger partial charge in [-0.2, -0.15) is 0 Å². The Hall–Kier alpha value is -5.16. The standard InChI is InChI=1S/C31H28N4O7/c36-27(33-23-14-28(37)42-31(23)41-17-19-8-2-1-3-9-19)16-35-25-12-6-7-13-26(25)40-18-24(30(35)39)34-29(38)21-15-32-22-11-5-4-10-20(21)22/h1-13,15,23-24,31-32H,14,16-18H2,(H,33,36)(H,34,38)/t23-,24-,31?/m0/s1. The summed E-state index contributed by atoms with van der Waals surface area (Å²) in [7, 11) is 0. The van der Waals surface area contributed by atoms with Crippen molar-refractivity contribution in [1.82, 2.24) is 15.6 Å². The number of para-hydroxylation sites is 3. The molecule has 4 aromatic rings. The molecule has 1 aromatic heterocycles. The second-order valence-electron chi connectivity index (χ2n) is 10.0. The van der Waals surface area contributed by atoms with Gasteiger partial charge in [0.15, 0.2) is 0 Å². The van der Waals surface area contributed by atoms with Gasteiger partial charge in [-0.15, -0.1) is 0 Å². The quantitative estimate of drug-likeness (QED) is 0.278. The first kappa shape index (κ1) is 27.0. The van der Waals surface area contributed by atoms with E-state index in [0.29, 0.717) is 22.4 Å². The van der Waals surface area contributed by atoms with Crippen molar-refractivity contribution in [3.63, 3.8) is 0 Å². The summed E-state index contributed by atoms with van der Waals surface area (Å²) in [5.74, 6) is -1.60. The first-order chi connectivity index (χ1) is 20.5. The van der Waals surface area contributed by atoms with Crippen LogP contribution in [0.3, 0.4) is 0 Å². The van der Waals surface area contributed by atoms with E-state index in [2.05, 4.69) is 15.6 Å². The highest BCUT2D eigenvalue weighted by atomic mass is 16.7. The van der Waals surface area contributed by atoms with Crippen LogP contribution in [0.1, 0.15) is 22.3 Å². The number of carbonyl (C=O) groups is 4. The third-order valence-electron chi connectivity index (χ3n) is 7.13. The minimum Gasteiger partial charge on any atom is -0.489 e. The molecule has 0 aliphatic carbocycles. The number of fused-ring (bicyclic) bond motifs is 2. The van der Waals surface area contributed by atoms with Crippen LogP contribution in [-0.2, 0) is 30.5 Å². The predicted octanol–water partition coefficient (Wildman–Crippen LogP) is 2.67. The molecular weight excluding hydrogens is 540 g/mol. The SMILES string of the molecule is O=C(CN1C(=O)[C@@H](NC(=O)c2c[nH]c3ccccc23)COc2ccccc21)N[C@H]1CC(=O)OC1OCc1ccccc1. The molecule has 6 rings (SSSR count). The van der Waals surface area contributed by atoms with Gasteiger partial charge in [0, 0.05) is 17.1 Å². The summed E-state index contributed by atoms with van der Waals surface area (Å²) in [5.41, 5.74) is 2.45. The molecule has 2 aliphatic rings. The van der Waals surface area contributed by atoms with Crippen molar-refractivity contribution in [3.05, 3.63) is 96.2 Å². The lowest BCUT2D eigenvalue weighted by Crippen LogP contribution is -2.53. The van der Waals surface area contributed by atoms with Gasteiger partial charge in [0.25, 0.3) is 11.8 Å². The van der Waals surface area contributed by atoms with Crippen LogP contribution >= 0.6 is 0 Å². The molecule has 1 unspecified atom stereocenters. The van der Waals surface area contributed by atoms with Crippen molar-refractivity contribution in [3.8, 4) is 5.75 Å². The zero-order valence-corrected chi connectivity index (χ0v) is 22.4. The van der Waals surface area contributed by atoms with Crippen molar-refractivity contribution in [2.24, 2.45) is 0 Å². The number of hydrogen-bond donors (Lipinski definition) is 3. The number of carbonyl (C=O) groups excluding carboxylic acids is 4. The van der Waals surface area contributed by atoms with E-state index in [1.54, 1.807) is 30.5 Å². The number of aromatic amines is 1. The van der Waals surface area contributed by atoms with Gasteiger partial charge in [-0.1, -0.05) is 60.7 Å². The lowest BCUT2D eigenvalue weighted by molar-refractivity contribution is -0.168. The van der Waals surface area contributed by atoms with Crippen LogP contribution in [0.4, 0.5) is 5.69 Å². The Labute approximate surface area is 240 Å². The second-order valence-corrected chi connectivity index (χ2v) is 10.0. The van der Waals surface area contributed by atoms with E-state index >= 15 is 0 Å². The Morgan fingerprint density at radius 1 is 0.952 bits per heavy atom. The fourth-order valence-corrected chi connectivity index (χ4v) is 5.07. The maximum absolute atomic E-state index is 13.8. The molecule has 3 aromatic carbocycles. The summed E-state index contributed by atoms with van der Waals surface area (Å²) in [6.45, 7) is -0.310. The van der Waals surface area contributed by atoms with E-state index in [9.17, 15) is 19.2 Å². The molecule has 0 radical (unpaired) electrons. The van der Waals surface area contributed by atoms with Crippen LogP contribution in [0.2, 0.25) is 0 Å². The molecule has 1 fully saturated rings. The summed E-state index contributed by atoms with van der Waals surface area (Å²) >= 11 is 0. The molecule has 3 heterocycles. The number of anilines is 1. The molecule has 3 atom stereocenters. The summed E-state index contributed by atoms with van der Waals surface area (Å²) < 4.78 is 16.9. The summed E-state index contributed by atoms with van der Waals surface area (Å²) in [5, 5.41) is 6.26. The van der Waals surface area contributed by atoms with Crippen LogP contribution in [0.25, 0.3) is 10.9 Å². The summed E-state index contributed by atoms with van der Waals surface area (Å²) in [6, 6.07) is 21.7. The van der Waals surface area contributed by atoms with Gasteiger partial charge >= 0.3 is 5.97 Å². The average molecular weight is 569 g/mol. The fraction of sp³-hybridized carbons (Fsp3) is 0.226. The minimum atomic E-state index is -1.07. The van der Waals surface area contributed by atoms with E-state index in [1.807, 2.05) is 54.6 Å². The number of hydrogen-bond acceptors (Lipinski definition) is 7. The first-order valence-corrected chi connectivity index (χ1v) is 13.5. The third kappa shape index (κ3) is 5.68. The molecule has 0 saturated carbocycles. The third-order valence-corrected chi connectivity index (χ3v) is 7.13. The molecule has 1 saturated heterocycles. The van der Waals surface area contributed by atoms with Crippen molar-refractivity contribution in [2.75, 3.05) is 18.1 Å². The number of nitrogens with zero attached hydrogens (tertiary/aromatic N) is 1. The van der Waals surface area contributed by atoms with Gasteiger partial charge in [0.2, 0.25) is 12.2 Å². The summed E-state index contributed by atoms with van der Waals surface area (Å²) in [6.07, 6.45) is 0.547. The van der Waals surface area contributed by atoms with E-state index in [1.165, 1.54) is 4.90 Å². The molecule has 3 amide bonds. The Morgan fingerprint density at radius 2 is 1.71 bits per heavy atom. The van der Waals surface area contributed by atoms with Gasteiger partial charge in [0.1, 0.15) is 31.0 Å². The van der Waals surface area contributed by atoms with Crippen molar-refractivity contribution in [1.29, 1.82) is 0 Å². The van der Waals surface area contributed by atoms with Crippen LogP contribution in [0, 0.1) is 0 Å². The van der Waals surface area contributed by atoms with E-state index < -0.39 is 42.1 Å². The van der Waals surface area contributed by atoms with Crippen LogP contribution in [0.5, 0.6) is 5.75 Å². The zero-order valence-electron chi connectivity index (χ0n) is 22.4. The first-order valence-electron chi connectivity index (χ1n) is 13.5. The molecule has 42 heavy (non-hydrogen) atoms. The summed E-state index contributed by atoms with van der Waals surface area (Å²) in [4.78, 5) is 56.6. The van der Waals surface area contributed by atoms with Gasteiger partial charge in [-0.25, -0.2) is 0 Å². The Bertz CT molecular complexity index is 1640. The lowest BCUT2D eigenvalue weighted by atomic mass is 10.1. The lowest BCUT2D eigenvalue weighted by Gasteiger charge is -2.25. The van der Waals surface area contributed by atoms with E-state index in [4.69, 9.17) is 14.2 Å². The average Bonchev–Trinajstić information content (AvgIpc) is 3.56. The zero-order chi connectivity index (χ0) is 29.1. The number of nitrogens with one attached hydrogen (secondary N) is 3. The number of aromatic nitrogens is 1. The highest BCUT2D eigenvalue weighted by molar-refractivity contribution is 6.10. The predicted molar refractivity (Wildman–Crippen MR) is 152 cm³/mol. The molecule has 2 aliphatic heterocycles. The van der Waals surface area contributed by atoms with Crippen LogP contribution in [-0.4, -0.2) is 60.2 Å². The van der Waals surface area contributed by atoms with Crippen molar-refractivity contribution in [2.45, 2.75) is 31.4 Å². The van der Waals surface area contributed by atoms with Gasteiger partial charge in [-0.3, -0.25) is 24.1 Å². The number of ether oxygens (including phenoxy) is 3. The maximum Gasteiger partial charge on any atom is 0.310 e. The maximum atomic E-state index is 13.8. The molecule has 11 heteroatoms. The number of H-pyrrole nitrogens is 1. The fourth-order valence-electron chi connectivity index (χ4n) is 5.07. The number of rotatable bonds is 8. The monoisotopic (exact) mass is 568 g/mol. The number of esters is 1. The van der Waals surface area contributed by atoms with E-state index in [0.717, 1.165) is 11.1 Å². The Morgan fingerprint density at radius 3 is 2.57 bits per heavy atom. The molecule has 0 bridgehead atoms. The number of benzene rings is 3.